The van der Waals surface area contributed by atoms with Crippen molar-refractivity contribution in [2.75, 3.05) is 0 Å². The maximum atomic E-state index is 11.9. The van der Waals surface area contributed by atoms with Gasteiger partial charge in [0.05, 0.1) is 35.7 Å². The van der Waals surface area contributed by atoms with Crippen LogP contribution in [0.4, 0.5) is 0 Å². The van der Waals surface area contributed by atoms with Gasteiger partial charge in [0.2, 0.25) is 0 Å². The molecule has 2 N–H and O–H groups in total. The van der Waals surface area contributed by atoms with Crippen LogP contribution in [-0.2, 0) is 6.54 Å². The highest BCUT2D eigenvalue weighted by atomic mass is 16.4. The van der Waals surface area contributed by atoms with Gasteiger partial charge in [-0.15, -0.1) is 0 Å². The molecule has 0 bridgehead atoms. The summed E-state index contributed by atoms with van der Waals surface area (Å²) in [5.74, 6) is -1.02. The number of hydrogen-bond donors (Lipinski definition) is 2. The molecule has 0 fully saturated rings. The van der Waals surface area contributed by atoms with Crippen LogP contribution in [0, 0.1) is 0 Å². The van der Waals surface area contributed by atoms with Crippen LogP contribution in [0.5, 0.6) is 0 Å². The second kappa shape index (κ2) is 4.16. The van der Waals surface area contributed by atoms with Gasteiger partial charge in [-0.05, 0) is 24.3 Å². The number of hydrogen-bond acceptors (Lipinski definition) is 3. The molecule has 0 aliphatic carbocycles. The monoisotopic (exact) mass is 258 g/mol. The molecular formula is C13H10N2O4. The molecule has 19 heavy (non-hydrogen) atoms. The third-order valence-corrected chi connectivity index (χ3v) is 2.94. The smallest absolute Gasteiger partial charge is 0.335 e. The van der Waals surface area contributed by atoms with Gasteiger partial charge in [0.25, 0.3) is 0 Å². The van der Waals surface area contributed by atoms with Crippen LogP contribution >= 0.6 is 0 Å². The summed E-state index contributed by atoms with van der Waals surface area (Å²) in [6, 6.07) is 6.32. The number of furan rings is 1. The predicted molar refractivity (Wildman–Crippen MR) is 67.3 cm³/mol. The topological polar surface area (TPSA) is 88.2 Å². The zero-order valence-electron chi connectivity index (χ0n) is 9.79. The van der Waals surface area contributed by atoms with Crippen LogP contribution in [0.15, 0.2) is 46.0 Å². The number of imidazole rings is 1. The van der Waals surface area contributed by atoms with Gasteiger partial charge in [-0.1, -0.05) is 0 Å². The molecule has 3 aromatic rings. The van der Waals surface area contributed by atoms with Crippen LogP contribution in [0.1, 0.15) is 15.9 Å². The highest BCUT2D eigenvalue weighted by molar-refractivity contribution is 5.92. The first-order valence-electron chi connectivity index (χ1n) is 5.62. The summed E-state index contributed by atoms with van der Waals surface area (Å²) in [5, 5.41) is 8.92. The number of carboxylic acid groups (broad SMARTS) is 1. The Labute approximate surface area is 106 Å². The quantitative estimate of drug-likeness (QED) is 0.747. The minimum atomic E-state index is -1.02. The van der Waals surface area contributed by atoms with Crippen LogP contribution in [-0.4, -0.2) is 20.6 Å². The molecule has 6 nitrogen and oxygen atoms in total. The van der Waals surface area contributed by atoms with Gasteiger partial charge >= 0.3 is 11.7 Å². The Kier molecular flexibility index (Phi) is 2.49. The molecule has 2 aromatic heterocycles. The second-order valence-corrected chi connectivity index (χ2v) is 4.18. The SMILES string of the molecule is O=C(O)c1ccc2c(c1)[nH]c(=O)n2Cc1ccoc1. The first-order valence-corrected chi connectivity index (χ1v) is 5.62. The molecule has 0 radical (unpaired) electrons. The van der Waals surface area contributed by atoms with Crippen molar-refractivity contribution in [2.24, 2.45) is 0 Å². The molecule has 2 heterocycles. The van der Waals surface area contributed by atoms with Crippen LogP contribution < -0.4 is 5.69 Å². The standard InChI is InChI=1S/C13H10N2O4/c16-12(17)9-1-2-11-10(5-9)14-13(18)15(11)6-8-3-4-19-7-8/h1-5,7H,6H2,(H,14,18)(H,16,17). The number of aromatic carboxylic acids is 1. The number of aromatic amines is 1. The highest BCUT2D eigenvalue weighted by Crippen LogP contribution is 2.14. The van der Waals surface area contributed by atoms with Crippen molar-refractivity contribution in [2.45, 2.75) is 6.54 Å². The normalized spacial score (nSPS) is 10.9. The van der Waals surface area contributed by atoms with Crippen molar-refractivity contribution >= 4 is 17.0 Å². The van der Waals surface area contributed by atoms with Gasteiger partial charge in [0, 0.05) is 5.56 Å². The molecule has 6 heteroatoms. The summed E-state index contributed by atoms with van der Waals surface area (Å²) in [7, 11) is 0. The Bertz CT molecular complexity index is 796. The first-order chi connectivity index (χ1) is 9.15. The number of nitrogens with one attached hydrogen (secondary N) is 1. The van der Waals surface area contributed by atoms with E-state index in [2.05, 4.69) is 4.98 Å². The summed E-state index contributed by atoms with van der Waals surface area (Å²) in [6.45, 7) is 0.377. The minimum absolute atomic E-state index is 0.143. The Balaban J connectivity index is 2.12. The van der Waals surface area contributed by atoms with Crippen molar-refractivity contribution in [3.8, 4) is 0 Å². The van der Waals surface area contributed by atoms with Crippen molar-refractivity contribution in [3.63, 3.8) is 0 Å². The Morgan fingerprint density at radius 3 is 2.89 bits per heavy atom. The van der Waals surface area contributed by atoms with E-state index in [0.29, 0.717) is 17.6 Å². The van der Waals surface area contributed by atoms with E-state index in [4.69, 9.17) is 9.52 Å². The van der Waals surface area contributed by atoms with Crippen molar-refractivity contribution in [1.29, 1.82) is 0 Å². The van der Waals surface area contributed by atoms with E-state index in [1.54, 1.807) is 18.4 Å². The molecule has 0 aliphatic rings. The molecule has 0 aliphatic heterocycles. The predicted octanol–water partition coefficient (Wildman–Crippen LogP) is 1.67. The number of benzene rings is 1. The number of rotatable bonds is 3. The molecule has 0 atom stereocenters. The van der Waals surface area contributed by atoms with E-state index in [1.165, 1.54) is 23.0 Å². The van der Waals surface area contributed by atoms with Gasteiger partial charge in [0.1, 0.15) is 0 Å². The van der Waals surface area contributed by atoms with Gasteiger partial charge in [-0.25, -0.2) is 9.59 Å². The summed E-state index contributed by atoms with van der Waals surface area (Å²) in [6.07, 6.45) is 3.11. The number of fused-ring (bicyclic) bond motifs is 1. The fourth-order valence-electron chi connectivity index (χ4n) is 2.02. The zero-order chi connectivity index (χ0) is 13.4. The van der Waals surface area contributed by atoms with Crippen LogP contribution in [0.3, 0.4) is 0 Å². The van der Waals surface area contributed by atoms with Gasteiger partial charge in [-0.2, -0.15) is 0 Å². The number of nitrogens with zero attached hydrogens (tertiary/aromatic N) is 1. The second-order valence-electron chi connectivity index (χ2n) is 4.18. The zero-order valence-corrected chi connectivity index (χ0v) is 9.79. The van der Waals surface area contributed by atoms with E-state index < -0.39 is 5.97 Å². The number of carbonyl (C=O) groups is 1. The van der Waals surface area contributed by atoms with E-state index in [1.807, 2.05) is 0 Å². The summed E-state index contributed by atoms with van der Waals surface area (Å²) >= 11 is 0. The molecule has 0 unspecified atom stereocenters. The molecule has 96 valence electrons. The Morgan fingerprint density at radius 2 is 2.21 bits per heavy atom. The number of aromatic nitrogens is 2. The minimum Gasteiger partial charge on any atom is -0.478 e. The Morgan fingerprint density at radius 1 is 1.37 bits per heavy atom. The van der Waals surface area contributed by atoms with E-state index in [0.717, 1.165) is 5.56 Å². The van der Waals surface area contributed by atoms with Crippen LogP contribution in [0.2, 0.25) is 0 Å². The third-order valence-electron chi connectivity index (χ3n) is 2.94. The lowest BCUT2D eigenvalue weighted by atomic mass is 10.2. The highest BCUT2D eigenvalue weighted by Gasteiger charge is 2.10. The molecule has 0 saturated carbocycles. The number of carboxylic acids is 1. The largest absolute Gasteiger partial charge is 0.478 e. The lowest BCUT2D eigenvalue weighted by Gasteiger charge is -2.01. The van der Waals surface area contributed by atoms with Crippen molar-refractivity contribution in [3.05, 3.63) is 58.4 Å². The van der Waals surface area contributed by atoms with Crippen molar-refractivity contribution in [1.82, 2.24) is 9.55 Å². The summed E-state index contributed by atoms with van der Waals surface area (Å²) in [4.78, 5) is 25.4. The van der Waals surface area contributed by atoms with Gasteiger partial charge in [-0.3, -0.25) is 4.57 Å². The molecule has 0 amide bonds. The molecule has 0 spiro atoms. The van der Waals surface area contributed by atoms with Crippen LogP contribution in [0.25, 0.3) is 11.0 Å². The third kappa shape index (κ3) is 1.93. The molecule has 0 saturated heterocycles. The lowest BCUT2D eigenvalue weighted by Crippen LogP contribution is -2.16. The van der Waals surface area contributed by atoms with Gasteiger partial charge < -0.3 is 14.5 Å². The molecular weight excluding hydrogens is 248 g/mol. The van der Waals surface area contributed by atoms with E-state index in [-0.39, 0.29) is 11.3 Å². The average Bonchev–Trinajstić information content (AvgIpc) is 2.98. The van der Waals surface area contributed by atoms with Crippen molar-refractivity contribution < 1.29 is 14.3 Å². The molecule has 3 rings (SSSR count). The maximum absolute atomic E-state index is 11.9. The fourth-order valence-corrected chi connectivity index (χ4v) is 2.02. The number of H-pyrrole nitrogens is 1. The summed E-state index contributed by atoms with van der Waals surface area (Å²) < 4.78 is 6.50. The average molecular weight is 258 g/mol. The Hall–Kier alpha value is -2.76. The van der Waals surface area contributed by atoms with E-state index in [9.17, 15) is 9.59 Å². The first kappa shape index (κ1) is 11.3. The van der Waals surface area contributed by atoms with E-state index >= 15 is 0 Å². The lowest BCUT2D eigenvalue weighted by molar-refractivity contribution is 0.0697. The summed E-state index contributed by atoms with van der Waals surface area (Å²) in [5.41, 5.74) is 1.90. The maximum Gasteiger partial charge on any atom is 0.335 e. The fraction of sp³-hybridized carbons (Fsp3) is 0.0769. The molecule has 1 aromatic carbocycles. The van der Waals surface area contributed by atoms with Gasteiger partial charge in [0.15, 0.2) is 0 Å².